The van der Waals surface area contributed by atoms with E-state index >= 15 is 0 Å². The van der Waals surface area contributed by atoms with E-state index in [4.69, 9.17) is 5.73 Å². The zero-order valence-electron chi connectivity index (χ0n) is 6.29. The quantitative estimate of drug-likeness (QED) is 0.642. The molecule has 0 aliphatic heterocycles. The van der Waals surface area contributed by atoms with Gasteiger partial charge in [0.25, 0.3) is 5.91 Å². The Morgan fingerprint density at radius 1 is 1.50 bits per heavy atom. The molecule has 3 heteroatoms. The second-order valence-corrected chi connectivity index (χ2v) is 2.53. The van der Waals surface area contributed by atoms with E-state index in [2.05, 4.69) is 11.1 Å². The third-order valence-electron chi connectivity index (χ3n) is 1.77. The summed E-state index contributed by atoms with van der Waals surface area (Å²) < 4.78 is 0. The van der Waals surface area contributed by atoms with Gasteiger partial charge in [-0.15, -0.1) is 0 Å². The lowest BCUT2D eigenvalue weighted by atomic mass is 10.1. The Morgan fingerprint density at radius 3 is 3.08 bits per heavy atom. The van der Waals surface area contributed by atoms with E-state index in [1.807, 2.05) is 6.07 Å². The lowest BCUT2D eigenvalue weighted by Crippen LogP contribution is -2.11. The molecule has 0 saturated heterocycles. The number of hydrogen-bond acceptors (Lipinski definition) is 1. The molecule has 0 aliphatic rings. The lowest BCUT2D eigenvalue weighted by molar-refractivity contribution is 0.100. The number of fused-ring (bicyclic) bond motifs is 1. The van der Waals surface area contributed by atoms with Crippen molar-refractivity contribution in [2.45, 2.75) is 0 Å². The smallest absolute Gasteiger partial charge is 0.250 e. The molecular formula is C9H7N2O. The zero-order chi connectivity index (χ0) is 8.55. The molecule has 3 nitrogen and oxygen atoms in total. The van der Waals surface area contributed by atoms with E-state index in [0.29, 0.717) is 5.56 Å². The Bertz CT molecular complexity index is 431. The molecule has 1 aromatic carbocycles. The molecule has 0 unspecified atom stereocenters. The summed E-state index contributed by atoms with van der Waals surface area (Å²) in [4.78, 5) is 13.8. The van der Waals surface area contributed by atoms with Crippen molar-refractivity contribution in [2.75, 3.05) is 0 Å². The summed E-state index contributed by atoms with van der Waals surface area (Å²) in [5.41, 5.74) is 6.43. The predicted octanol–water partition coefficient (Wildman–Crippen LogP) is 1.07. The van der Waals surface area contributed by atoms with Gasteiger partial charge in [-0.1, -0.05) is 12.1 Å². The largest absolute Gasteiger partial charge is 0.366 e. The molecule has 59 valence electrons. The van der Waals surface area contributed by atoms with Crippen LogP contribution in [0.15, 0.2) is 24.4 Å². The van der Waals surface area contributed by atoms with Crippen LogP contribution >= 0.6 is 0 Å². The average Bonchev–Trinajstić information content (AvgIpc) is 2.49. The number of rotatable bonds is 1. The minimum atomic E-state index is -0.420. The third-order valence-corrected chi connectivity index (χ3v) is 1.77. The minimum Gasteiger partial charge on any atom is -0.366 e. The van der Waals surface area contributed by atoms with Gasteiger partial charge in [-0.2, -0.15) is 0 Å². The van der Waals surface area contributed by atoms with Crippen LogP contribution in [0, 0.1) is 6.07 Å². The number of nitrogens with one attached hydrogen (secondary N) is 1. The second-order valence-electron chi connectivity index (χ2n) is 2.53. The first-order chi connectivity index (χ1) is 5.79. The number of hydrogen-bond donors (Lipinski definition) is 2. The highest BCUT2D eigenvalue weighted by molar-refractivity contribution is 6.04. The summed E-state index contributed by atoms with van der Waals surface area (Å²) in [5, 5.41) is 0.881. The number of carbonyl (C=O) groups is 1. The summed E-state index contributed by atoms with van der Waals surface area (Å²) in [6, 6.07) is 8.30. The number of carbonyl (C=O) groups excluding carboxylic acids is 1. The molecule has 0 aliphatic carbocycles. The first kappa shape index (κ1) is 6.91. The van der Waals surface area contributed by atoms with Gasteiger partial charge in [-0.3, -0.25) is 4.79 Å². The molecule has 0 fully saturated rings. The first-order valence-corrected chi connectivity index (χ1v) is 3.56. The Labute approximate surface area is 69.2 Å². The van der Waals surface area contributed by atoms with Crippen molar-refractivity contribution < 1.29 is 4.79 Å². The molecule has 2 rings (SSSR count). The van der Waals surface area contributed by atoms with Crippen LogP contribution in [0.4, 0.5) is 0 Å². The van der Waals surface area contributed by atoms with Gasteiger partial charge in [-0.25, -0.2) is 0 Å². The second kappa shape index (κ2) is 2.37. The van der Waals surface area contributed by atoms with E-state index in [0.717, 1.165) is 10.9 Å². The Kier molecular flexibility index (Phi) is 1.37. The number of nitrogens with two attached hydrogens (primary N) is 1. The number of aromatic amines is 1. The van der Waals surface area contributed by atoms with Crippen molar-refractivity contribution >= 4 is 16.8 Å². The molecule has 2 aromatic rings. The summed E-state index contributed by atoms with van der Waals surface area (Å²) in [5.74, 6) is -0.420. The predicted molar refractivity (Wildman–Crippen MR) is 45.7 cm³/mol. The maximum Gasteiger partial charge on any atom is 0.250 e. The van der Waals surface area contributed by atoms with Crippen LogP contribution in [0.2, 0.25) is 0 Å². The minimum absolute atomic E-state index is 0.420. The molecule has 0 atom stereocenters. The first-order valence-electron chi connectivity index (χ1n) is 3.56. The van der Waals surface area contributed by atoms with E-state index in [-0.39, 0.29) is 0 Å². The van der Waals surface area contributed by atoms with Crippen LogP contribution in [0.5, 0.6) is 0 Å². The monoisotopic (exact) mass is 159 g/mol. The van der Waals surface area contributed by atoms with Crippen molar-refractivity contribution in [3.63, 3.8) is 0 Å². The highest BCUT2D eigenvalue weighted by atomic mass is 16.1. The topological polar surface area (TPSA) is 58.9 Å². The van der Waals surface area contributed by atoms with Crippen LogP contribution in [0.3, 0.4) is 0 Å². The highest BCUT2D eigenvalue weighted by Gasteiger charge is 2.05. The van der Waals surface area contributed by atoms with Gasteiger partial charge in [-0.05, 0) is 6.07 Å². The van der Waals surface area contributed by atoms with Gasteiger partial charge in [0.1, 0.15) is 0 Å². The van der Waals surface area contributed by atoms with Gasteiger partial charge < -0.3 is 10.7 Å². The Morgan fingerprint density at radius 2 is 2.33 bits per heavy atom. The number of amides is 1. The van der Waals surface area contributed by atoms with Crippen molar-refractivity contribution in [1.82, 2.24) is 4.98 Å². The number of H-pyrrole nitrogens is 1. The number of benzene rings is 1. The van der Waals surface area contributed by atoms with Crippen LogP contribution < -0.4 is 5.73 Å². The van der Waals surface area contributed by atoms with E-state index in [1.54, 1.807) is 18.3 Å². The molecule has 1 aromatic heterocycles. The standard InChI is InChI=1S/C9H7N2O/c10-9(12)7-3-1-2-6-4-5-11-8(6)7/h1-3,5,11H,(H2,10,12). The number of primary amides is 1. The number of para-hydroxylation sites is 1. The maximum absolute atomic E-state index is 10.9. The molecule has 0 bridgehead atoms. The van der Waals surface area contributed by atoms with Gasteiger partial charge >= 0.3 is 0 Å². The van der Waals surface area contributed by atoms with Crippen molar-refractivity contribution in [3.8, 4) is 0 Å². The third kappa shape index (κ3) is 0.871. The lowest BCUT2D eigenvalue weighted by Gasteiger charge is -1.96. The molecule has 1 amide bonds. The normalized spacial score (nSPS) is 10.3. The fraction of sp³-hybridized carbons (Fsp3) is 0. The van der Waals surface area contributed by atoms with Crippen LogP contribution in [0.1, 0.15) is 10.4 Å². The van der Waals surface area contributed by atoms with Gasteiger partial charge in [0.05, 0.1) is 11.1 Å². The SMILES string of the molecule is NC(=O)c1cccc2[c]c[nH]c12. The maximum atomic E-state index is 10.9. The Hall–Kier alpha value is -1.77. The molecule has 1 heterocycles. The number of aromatic nitrogens is 1. The van der Waals surface area contributed by atoms with Crippen LogP contribution in [-0.4, -0.2) is 10.9 Å². The summed E-state index contributed by atoms with van der Waals surface area (Å²) in [6.45, 7) is 0. The molecular weight excluding hydrogens is 152 g/mol. The van der Waals surface area contributed by atoms with E-state index in [9.17, 15) is 4.79 Å². The summed E-state index contributed by atoms with van der Waals surface area (Å²) in [6.07, 6.45) is 1.66. The molecule has 3 N–H and O–H groups in total. The van der Waals surface area contributed by atoms with Crippen LogP contribution in [-0.2, 0) is 0 Å². The van der Waals surface area contributed by atoms with Gasteiger partial charge in [0, 0.05) is 17.6 Å². The van der Waals surface area contributed by atoms with Crippen molar-refractivity contribution in [1.29, 1.82) is 0 Å². The van der Waals surface area contributed by atoms with Crippen molar-refractivity contribution in [2.24, 2.45) is 5.73 Å². The molecule has 0 spiro atoms. The molecule has 12 heavy (non-hydrogen) atoms. The average molecular weight is 159 g/mol. The Balaban J connectivity index is 2.82. The van der Waals surface area contributed by atoms with E-state index < -0.39 is 5.91 Å². The summed E-state index contributed by atoms with van der Waals surface area (Å²) >= 11 is 0. The van der Waals surface area contributed by atoms with Crippen molar-refractivity contribution in [3.05, 3.63) is 36.0 Å². The fourth-order valence-corrected chi connectivity index (χ4v) is 1.22. The van der Waals surface area contributed by atoms with Gasteiger partial charge in [0.2, 0.25) is 0 Å². The highest BCUT2D eigenvalue weighted by Crippen LogP contribution is 2.15. The van der Waals surface area contributed by atoms with E-state index in [1.165, 1.54) is 0 Å². The summed E-state index contributed by atoms with van der Waals surface area (Å²) in [7, 11) is 0. The van der Waals surface area contributed by atoms with Gasteiger partial charge in [0.15, 0.2) is 0 Å². The fourth-order valence-electron chi connectivity index (χ4n) is 1.22. The van der Waals surface area contributed by atoms with Crippen LogP contribution in [0.25, 0.3) is 10.9 Å². The zero-order valence-corrected chi connectivity index (χ0v) is 6.29. The molecule has 0 saturated carbocycles. The molecule has 1 radical (unpaired) electrons.